The molecule has 0 saturated carbocycles. The van der Waals surface area contributed by atoms with Crippen molar-refractivity contribution in [3.8, 4) is 0 Å². The van der Waals surface area contributed by atoms with Crippen molar-refractivity contribution < 1.29 is 18.3 Å². The lowest BCUT2D eigenvalue weighted by Gasteiger charge is -2.34. The van der Waals surface area contributed by atoms with E-state index < -0.39 is 21.3 Å². The first kappa shape index (κ1) is 15.6. The standard InChI is InChI=1S/C12H13BrClNO4S/c13-9-7-8(1-2-10(9)14)15-12(11(16)17)3-5-20(18,19)6-4-12/h1-2,7,15H,3-6H2,(H,16,17). The number of benzene rings is 1. The SMILES string of the molecule is O=C(O)C1(Nc2ccc(Cl)c(Br)c2)CCS(=O)(=O)CC1. The molecule has 1 aliphatic rings. The van der Waals surface area contributed by atoms with E-state index in [-0.39, 0.29) is 24.3 Å². The first-order valence-corrected chi connectivity index (χ1v) is 8.90. The Hall–Kier alpha value is -0.790. The average molecular weight is 383 g/mol. The summed E-state index contributed by atoms with van der Waals surface area (Å²) < 4.78 is 23.6. The van der Waals surface area contributed by atoms with Crippen LogP contribution < -0.4 is 5.32 Å². The highest BCUT2D eigenvalue weighted by Crippen LogP contribution is 2.31. The lowest BCUT2D eigenvalue weighted by molar-refractivity contribution is -0.142. The van der Waals surface area contributed by atoms with Crippen LogP contribution in [0.2, 0.25) is 5.02 Å². The molecule has 1 aliphatic heterocycles. The van der Waals surface area contributed by atoms with Gasteiger partial charge in [0.2, 0.25) is 0 Å². The first-order chi connectivity index (χ1) is 9.24. The molecule has 0 amide bonds. The zero-order valence-electron chi connectivity index (χ0n) is 10.4. The van der Waals surface area contributed by atoms with E-state index in [0.29, 0.717) is 15.2 Å². The minimum Gasteiger partial charge on any atom is -0.480 e. The minimum atomic E-state index is -3.13. The highest BCUT2D eigenvalue weighted by molar-refractivity contribution is 9.10. The molecule has 0 bridgehead atoms. The maximum atomic E-state index is 11.5. The Labute approximate surface area is 130 Å². The Bertz CT molecular complexity index is 633. The first-order valence-electron chi connectivity index (χ1n) is 5.91. The quantitative estimate of drug-likeness (QED) is 0.839. The van der Waals surface area contributed by atoms with Crippen molar-refractivity contribution in [1.82, 2.24) is 0 Å². The van der Waals surface area contributed by atoms with Gasteiger partial charge in [-0.05, 0) is 47.0 Å². The van der Waals surface area contributed by atoms with Crippen LogP contribution in [0.15, 0.2) is 22.7 Å². The number of carboxylic acid groups (broad SMARTS) is 1. The largest absolute Gasteiger partial charge is 0.480 e. The van der Waals surface area contributed by atoms with Crippen LogP contribution in [0.3, 0.4) is 0 Å². The van der Waals surface area contributed by atoms with Gasteiger partial charge in [-0.3, -0.25) is 0 Å². The topological polar surface area (TPSA) is 83.5 Å². The fourth-order valence-electron chi connectivity index (χ4n) is 2.13. The van der Waals surface area contributed by atoms with Gasteiger partial charge in [0.15, 0.2) is 9.84 Å². The monoisotopic (exact) mass is 381 g/mol. The van der Waals surface area contributed by atoms with Gasteiger partial charge in [0.1, 0.15) is 5.54 Å². The fraction of sp³-hybridized carbons (Fsp3) is 0.417. The van der Waals surface area contributed by atoms with Crippen molar-refractivity contribution in [2.45, 2.75) is 18.4 Å². The van der Waals surface area contributed by atoms with E-state index in [1.54, 1.807) is 18.2 Å². The molecule has 1 saturated heterocycles. The van der Waals surface area contributed by atoms with Crippen LogP contribution in [0.4, 0.5) is 5.69 Å². The molecule has 5 nitrogen and oxygen atoms in total. The summed E-state index contributed by atoms with van der Waals surface area (Å²) in [4.78, 5) is 11.5. The van der Waals surface area contributed by atoms with E-state index in [0.717, 1.165) is 0 Å². The number of nitrogens with one attached hydrogen (secondary N) is 1. The van der Waals surface area contributed by atoms with Gasteiger partial charge in [-0.25, -0.2) is 13.2 Å². The van der Waals surface area contributed by atoms with Crippen molar-refractivity contribution in [3.63, 3.8) is 0 Å². The second-order valence-electron chi connectivity index (χ2n) is 4.79. The number of aliphatic carboxylic acids is 1. The van der Waals surface area contributed by atoms with Gasteiger partial charge >= 0.3 is 5.97 Å². The predicted octanol–water partition coefficient (Wildman–Crippen LogP) is 2.55. The highest BCUT2D eigenvalue weighted by Gasteiger charge is 2.43. The molecular weight excluding hydrogens is 370 g/mol. The predicted molar refractivity (Wildman–Crippen MR) is 81.0 cm³/mol. The Morgan fingerprint density at radius 1 is 1.35 bits per heavy atom. The van der Waals surface area contributed by atoms with Crippen molar-refractivity contribution in [3.05, 3.63) is 27.7 Å². The van der Waals surface area contributed by atoms with Gasteiger partial charge in [0.05, 0.1) is 16.5 Å². The smallest absolute Gasteiger partial charge is 0.329 e. The van der Waals surface area contributed by atoms with E-state index in [4.69, 9.17) is 11.6 Å². The molecule has 1 heterocycles. The lowest BCUT2D eigenvalue weighted by Crippen LogP contribution is -2.51. The molecule has 0 spiro atoms. The molecule has 2 N–H and O–H groups in total. The number of hydrogen-bond donors (Lipinski definition) is 2. The Balaban J connectivity index is 2.26. The van der Waals surface area contributed by atoms with Crippen molar-refractivity contribution in [1.29, 1.82) is 0 Å². The number of carboxylic acids is 1. The van der Waals surface area contributed by atoms with Gasteiger partial charge in [-0.2, -0.15) is 0 Å². The van der Waals surface area contributed by atoms with Gasteiger partial charge in [0, 0.05) is 10.2 Å². The molecule has 0 radical (unpaired) electrons. The lowest BCUT2D eigenvalue weighted by atomic mass is 9.92. The van der Waals surface area contributed by atoms with E-state index in [9.17, 15) is 18.3 Å². The molecule has 1 fully saturated rings. The molecule has 0 unspecified atom stereocenters. The number of sulfone groups is 1. The average Bonchev–Trinajstić information content (AvgIpc) is 2.36. The molecule has 2 rings (SSSR count). The van der Waals surface area contributed by atoms with Gasteiger partial charge in [-0.1, -0.05) is 11.6 Å². The molecule has 1 aromatic rings. The third-order valence-electron chi connectivity index (χ3n) is 3.39. The summed E-state index contributed by atoms with van der Waals surface area (Å²) in [5.74, 6) is -1.29. The molecule has 110 valence electrons. The molecule has 1 aromatic carbocycles. The van der Waals surface area contributed by atoms with E-state index in [2.05, 4.69) is 21.2 Å². The normalized spacial score (nSPS) is 20.3. The summed E-state index contributed by atoms with van der Waals surface area (Å²) in [5, 5.41) is 12.9. The molecule has 0 atom stereocenters. The van der Waals surface area contributed by atoms with E-state index in [1.165, 1.54) is 0 Å². The number of carbonyl (C=O) groups is 1. The number of anilines is 1. The van der Waals surface area contributed by atoms with Crippen LogP contribution in [-0.4, -0.2) is 36.5 Å². The highest BCUT2D eigenvalue weighted by atomic mass is 79.9. The van der Waals surface area contributed by atoms with E-state index in [1.807, 2.05) is 0 Å². The molecule has 8 heteroatoms. The maximum Gasteiger partial charge on any atom is 0.329 e. The summed E-state index contributed by atoms with van der Waals surface area (Å²) in [6.45, 7) is 0. The summed E-state index contributed by atoms with van der Waals surface area (Å²) in [7, 11) is -3.13. The maximum absolute atomic E-state index is 11.5. The number of halogens is 2. The Morgan fingerprint density at radius 2 is 1.95 bits per heavy atom. The third kappa shape index (κ3) is 3.27. The Morgan fingerprint density at radius 3 is 2.45 bits per heavy atom. The van der Waals surface area contributed by atoms with Crippen molar-refractivity contribution >= 4 is 49.0 Å². The van der Waals surface area contributed by atoms with Crippen LogP contribution in [0.25, 0.3) is 0 Å². The fourth-order valence-corrected chi connectivity index (χ4v) is 4.15. The Kier molecular flexibility index (Phi) is 4.32. The summed E-state index contributed by atoms with van der Waals surface area (Å²) in [6.07, 6.45) is 0.0931. The van der Waals surface area contributed by atoms with Crippen LogP contribution >= 0.6 is 27.5 Å². The molecular formula is C12H13BrClNO4S. The number of rotatable bonds is 3. The van der Waals surface area contributed by atoms with Crippen molar-refractivity contribution in [2.75, 3.05) is 16.8 Å². The molecule has 0 aromatic heterocycles. The third-order valence-corrected chi connectivity index (χ3v) is 6.26. The zero-order valence-corrected chi connectivity index (χ0v) is 13.6. The summed E-state index contributed by atoms with van der Waals surface area (Å²) in [5.41, 5.74) is -0.665. The van der Waals surface area contributed by atoms with Gasteiger partial charge < -0.3 is 10.4 Å². The van der Waals surface area contributed by atoms with Gasteiger partial charge in [0.25, 0.3) is 0 Å². The van der Waals surface area contributed by atoms with Gasteiger partial charge in [-0.15, -0.1) is 0 Å². The summed E-state index contributed by atoms with van der Waals surface area (Å²) in [6, 6.07) is 4.99. The second-order valence-corrected chi connectivity index (χ2v) is 8.36. The van der Waals surface area contributed by atoms with E-state index >= 15 is 0 Å². The molecule has 0 aliphatic carbocycles. The second kappa shape index (κ2) is 5.54. The minimum absolute atomic E-state index is 0.0465. The molecule has 20 heavy (non-hydrogen) atoms. The van der Waals surface area contributed by atoms with Crippen molar-refractivity contribution in [2.24, 2.45) is 0 Å². The van der Waals surface area contributed by atoms with Crippen LogP contribution in [0, 0.1) is 0 Å². The van der Waals surface area contributed by atoms with Crippen LogP contribution in [-0.2, 0) is 14.6 Å². The van der Waals surface area contributed by atoms with Crippen LogP contribution in [0.1, 0.15) is 12.8 Å². The summed E-state index contributed by atoms with van der Waals surface area (Å²) >= 11 is 9.16. The number of hydrogen-bond acceptors (Lipinski definition) is 4. The zero-order chi connectivity index (χ0) is 15.0. The van der Waals surface area contributed by atoms with Crippen LogP contribution in [0.5, 0.6) is 0 Å².